The van der Waals surface area contributed by atoms with Crippen LogP contribution in [-0.2, 0) is 25.8 Å². The molecule has 0 nitrogen and oxygen atoms in total. The molecular formula is C44H52HfSi. The van der Waals surface area contributed by atoms with Crippen molar-refractivity contribution in [3.8, 4) is 22.3 Å². The van der Waals surface area contributed by atoms with Gasteiger partial charge in [0.1, 0.15) is 0 Å². The monoisotopic (exact) mass is 788 g/mol. The molecule has 0 saturated carbocycles. The fraction of sp³-hybridized carbons (Fsp3) is 0.273. The number of hydrogen-bond acceptors (Lipinski definition) is 0. The van der Waals surface area contributed by atoms with E-state index in [-0.39, 0.29) is 40.7 Å². The van der Waals surface area contributed by atoms with E-state index in [2.05, 4.69) is 135 Å². The zero-order valence-electron chi connectivity index (χ0n) is 28.6. The van der Waals surface area contributed by atoms with E-state index in [1.54, 1.807) is 10.4 Å². The van der Waals surface area contributed by atoms with Gasteiger partial charge in [0.05, 0.1) is 8.07 Å². The molecule has 0 radical (unpaired) electrons. The van der Waals surface area contributed by atoms with Crippen molar-refractivity contribution in [3.05, 3.63) is 136 Å². The first-order chi connectivity index (χ1) is 21.2. The minimum absolute atomic E-state index is 0. The molecule has 0 saturated heterocycles. The van der Waals surface area contributed by atoms with Crippen LogP contribution in [0.3, 0.4) is 0 Å². The van der Waals surface area contributed by atoms with Crippen LogP contribution in [0.4, 0.5) is 0 Å². The third-order valence-corrected chi connectivity index (χ3v) is 14.9. The van der Waals surface area contributed by atoms with Crippen molar-refractivity contribution in [2.75, 3.05) is 0 Å². The van der Waals surface area contributed by atoms with E-state index in [1.807, 2.05) is 0 Å². The number of fused-ring (bicyclic) bond motifs is 2. The topological polar surface area (TPSA) is 0 Å². The van der Waals surface area contributed by atoms with Crippen molar-refractivity contribution in [3.63, 3.8) is 0 Å². The molecule has 46 heavy (non-hydrogen) atoms. The Bertz CT molecular complexity index is 1610. The Morgan fingerprint density at radius 2 is 0.891 bits per heavy atom. The van der Waals surface area contributed by atoms with E-state index in [0.717, 1.165) is 0 Å². The normalized spacial score (nSPS) is 11.2. The van der Waals surface area contributed by atoms with Crippen LogP contribution < -0.4 is 10.4 Å². The van der Waals surface area contributed by atoms with E-state index in [4.69, 9.17) is 0 Å². The third kappa shape index (κ3) is 8.00. The summed E-state index contributed by atoms with van der Waals surface area (Å²) in [7, 11) is -2.06. The van der Waals surface area contributed by atoms with E-state index >= 15 is 0 Å². The van der Waals surface area contributed by atoms with E-state index < -0.39 is 8.07 Å². The number of rotatable bonds is 14. The Labute approximate surface area is 299 Å². The van der Waals surface area contributed by atoms with Crippen LogP contribution in [0.2, 0.25) is 12.1 Å². The molecule has 0 aliphatic rings. The van der Waals surface area contributed by atoms with Crippen LogP contribution in [0, 0.1) is 14.9 Å². The molecule has 0 N–H and O–H groups in total. The first-order valence-electron chi connectivity index (χ1n) is 16.7. The fourth-order valence-electron chi connectivity index (χ4n) is 7.34. The van der Waals surface area contributed by atoms with Crippen molar-refractivity contribution in [1.29, 1.82) is 0 Å². The molecule has 6 aromatic carbocycles. The maximum absolute atomic E-state index is 2.62. The largest absolute Gasteiger partial charge is 4.00 e. The van der Waals surface area contributed by atoms with Crippen molar-refractivity contribution in [2.24, 2.45) is 0 Å². The second-order valence-corrected chi connectivity index (χ2v) is 16.9. The summed E-state index contributed by atoms with van der Waals surface area (Å²) >= 11 is 0. The predicted molar refractivity (Wildman–Crippen MR) is 206 cm³/mol. The summed E-state index contributed by atoms with van der Waals surface area (Å²) in [6, 6.07) is 48.9. The van der Waals surface area contributed by atoms with Gasteiger partial charge in [0.25, 0.3) is 0 Å². The van der Waals surface area contributed by atoms with E-state index in [1.165, 1.54) is 107 Å². The molecule has 6 rings (SSSR count). The molecule has 0 aromatic heterocycles. The maximum atomic E-state index is 2.62. The summed E-state index contributed by atoms with van der Waals surface area (Å²) in [5.74, 6) is 0. The van der Waals surface area contributed by atoms with Gasteiger partial charge in [-0.1, -0.05) is 161 Å². The molecule has 0 unspecified atom stereocenters. The van der Waals surface area contributed by atoms with Gasteiger partial charge in [-0.25, -0.2) is 0 Å². The van der Waals surface area contributed by atoms with Crippen molar-refractivity contribution in [1.82, 2.24) is 0 Å². The van der Waals surface area contributed by atoms with E-state index in [0.29, 0.717) is 0 Å². The van der Waals surface area contributed by atoms with Crippen LogP contribution in [0.25, 0.3) is 43.8 Å². The first-order valence-corrected chi connectivity index (χ1v) is 19.2. The number of benzene rings is 4. The number of unbranched alkanes of at least 4 members (excludes halogenated alkanes) is 6. The molecule has 2 heteroatoms. The average molecular weight is 787 g/mol. The average Bonchev–Trinajstić information content (AvgIpc) is 3.70. The van der Waals surface area contributed by atoms with Gasteiger partial charge in [0, 0.05) is 0 Å². The molecule has 0 fully saturated rings. The molecule has 0 amide bonds. The Hall–Kier alpha value is -2.81. The molecule has 0 heterocycles. The molecular weight excluding hydrogens is 735 g/mol. The van der Waals surface area contributed by atoms with Crippen molar-refractivity contribution >= 4 is 40.0 Å². The van der Waals surface area contributed by atoms with Crippen molar-refractivity contribution in [2.45, 2.75) is 77.3 Å². The fourth-order valence-corrected chi connectivity index (χ4v) is 12.5. The summed E-state index contributed by atoms with van der Waals surface area (Å²) < 4.78 is 0. The zero-order valence-corrected chi connectivity index (χ0v) is 33.2. The van der Waals surface area contributed by atoms with Gasteiger partial charge in [-0.3, -0.25) is 0 Å². The Kier molecular flexibility index (Phi) is 14.7. The first kappa shape index (κ1) is 37.6. The van der Waals surface area contributed by atoms with Crippen LogP contribution in [0.1, 0.15) is 65.2 Å². The Balaban J connectivity index is 0.00000192. The summed E-state index contributed by atoms with van der Waals surface area (Å²) in [5, 5.41) is 8.94. The summed E-state index contributed by atoms with van der Waals surface area (Å²) in [4.78, 5) is 0. The van der Waals surface area contributed by atoms with Gasteiger partial charge in [-0.2, -0.15) is 12.1 Å². The minimum Gasteiger partial charge on any atom is -0.358 e. The Morgan fingerprint density at radius 1 is 0.478 bits per heavy atom. The second kappa shape index (κ2) is 17.9. The molecule has 0 aliphatic carbocycles. The number of hydrogen-bond donors (Lipinski definition) is 0. The summed E-state index contributed by atoms with van der Waals surface area (Å²) in [5.41, 5.74) is 5.36. The summed E-state index contributed by atoms with van der Waals surface area (Å²) in [6.45, 7) is 4.67. The van der Waals surface area contributed by atoms with Crippen LogP contribution >= 0.6 is 0 Å². The maximum Gasteiger partial charge on any atom is 4.00 e. The van der Waals surface area contributed by atoms with Crippen LogP contribution in [-0.4, -0.2) is 8.07 Å². The standard InChI is InChI=1S/C42H46Si.2CH3.Hf/c1-3-5-7-15-27-43(28-16-8-6-4-2,37-29-35-23-17-25-39(41(35)31-37)33-19-11-9-12-20-33)38-30-36-24-18-26-40(42(36)32-38)34-21-13-10-14-22-34;;;/h9-14,17-26,29-32H,3-8,15-16,27-28H2,1-2H3;2*1H3;/q-2;2*-1;+4. The molecule has 0 aliphatic heterocycles. The molecule has 0 spiro atoms. The van der Waals surface area contributed by atoms with Crippen LogP contribution in [0.5, 0.6) is 0 Å². The molecule has 6 aromatic rings. The smallest absolute Gasteiger partial charge is 0.358 e. The van der Waals surface area contributed by atoms with Gasteiger partial charge in [-0.05, 0) is 11.1 Å². The van der Waals surface area contributed by atoms with Gasteiger partial charge >= 0.3 is 25.8 Å². The summed E-state index contributed by atoms with van der Waals surface area (Å²) in [6.07, 6.45) is 10.6. The van der Waals surface area contributed by atoms with Crippen LogP contribution in [0.15, 0.2) is 121 Å². The van der Waals surface area contributed by atoms with E-state index in [9.17, 15) is 0 Å². The predicted octanol–water partition coefficient (Wildman–Crippen LogP) is 12.4. The Morgan fingerprint density at radius 3 is 1.28 bits per heavy atom. The molecule has 0 atom stereocenters. The second-order valence-electron chi connectivity index (χ2n) is 12.5. The molecule has 236 valence electrons. The zero-order chi connectivity index (χ0) is 29.5. The van der Waals surface area contributed by atoms with Gasteiger partial charge in [0.2, 0.25) is 0 Å². The third-order valence-electron chi connectivity index (χ3n) is 9.69. The molecule has 0 bridgehead atoms. The van der Waals surface area contributed by atoms with Gasteiger partial charge in [0.15, 0.2) is 0 Å². The SMILES string of the molecule is CCCCCC[Si](CCCCCC)(c1cc2c(-c3ccccc3)cccc2[cH-]1)c1cc2c(-c3ccccc3)cccc2[cH-]1.[CH3-].[CH3-].[Hf+4]. The van der Waals surface area contributed by atoms with Gasteiger partial charge in [-0.15, -0.1) is 68.3 Å². The van der Waals surface area contributed by atoms with Crippen molar-refractivity contribution < 1.29 is 25.8 Å². The van der Waals surface area contributed by atoms with Gasteiger partial charge < -0.3 is 14.9 Å². The quantitative estimate of drug-likeness (QED) is 0.0586. The minimum atomic E-state index is -2.06.